The number of nitrogens with one attached hydrogen (secondary N) is 1. The average Bonchev–Trinajstić information content (AvgIpc) is 2.86. The third-order valence-corrected chi connectivity index (χ3v) is 5.41. The van der Waals surface area contributed by atoms with E-state index in [1.807, 2.05) is 84.9 Å². The van der Waals surface area contributed by atoms with Gasteiger partial charge in [-0.25, -0.2) is 0 Å². The number of rotatable bonds is 14. The first-order valence-electron chi connectivity index (χ1n) is 11.9. The molecule has 0 aliphatic heterocycles. The quantitative estimate of drug-likeness (QED) is 0.306. The molecule has 0 aliphatic rings. The highest BCUT2D eigenvalue weighted by Gasteiger charge is 2.21. The number of unbranched alkanes of at least 4 members (excludes halogenated alkanes) is 2. The molecule has 0 aromatic heterocycles. The first-order valence-corrected chi connectivity index (χ1v) is 11.9. The molecular formula is C29H33NO4. The van der Waals surface area contributed by atoms with Crippen molar-refractivity contribution in [3.63, 3.8) is 0 Å². The predicted octanol–water partition coefficient (Wildman–Crippen LogP) is 5.87. The summed E-state index contributed by atoms with van der Waals surface area (Å²) in [6.07, 6.45) is 3.48. The maximum Gasteiger partial charge on any atom is 0.220 e. The Hall–Kier alpha value is -3.44. The lowest BCUT2D eigenvalue weighted by molar-refractivity contribution is -0.129. The maximum atomic E-state index is 13.1. The lowest BCUT2D eigenvalue weighted by Crippen LogP contribution is -2.44. The van der Waals surface area contributed by atoms with E-state index in [0.717, 1.165) is 36.1 Å². The summed E-state index contributed by atoms with van der Waals surface area (Å²) in [7, 11) is 0. The van der Waals surface area contributed by atoms with Crippen LogP contribution in [0.15, 0.2) is 84.9 Å². The normalized spacial score (nSPS) is 11.6. The monoisotopic (exact) mass is 459 g/mol. The zero-order chi connectivity index (χ0) is 24.0. The second-order valence-corrected chi connectivity index (χ2v) is 8.28. The van der Waals surface area contributed by atoms with E-state index in [0.29, 0.717) is 18.8 Å². The number of ether oxygens (including phenoxy) is 2. The molecule has 3 rings (SSSR count). The molecule has 1 unspecified atom stereocenters. The lowest BCUT2D eigenvalue weighted by Gasteiger charge is -2.18. The van der Waals surface area contributed by atoms with Crippen LogP contribution in [-0.4, -0.2) is 24.3 Å². The van der Waals surface area contributed by atoms with Crippen molar-refractivity contribution < 1.29 is 19.1 Å². The molecule has 0 bridgehead atoms. The highest BCUT2D eigenvalue weighted by Crippen LogP contribution is 2.21. The minimum atomic E-state index is -0.682. The molecule has 1 atom stereocenters. The van der Waals surface area contributed by atoms with E-state index in [1.54, 1.807) is 0 Å². The number of para-hydroxylation sites is 1. The van der Waals surface area contributed by atoms with E-state index in [1.165, 1.54) is 0 Å². The minimum Gasteiger partial charge on any atom is -0.457 e. The summed E-state index contributed by atoms with van der Waals surface area (Å²) < 4.78 is 11.6. The van der Waals surface area contributed by atoms with Gasteiger partial charge in [-0.05, 0) is 41.8 Å². The average molecular weight is 460 g/mol. The Balaban J connectivity index is 1.57. The Labute approximate surface area is 202 Å². The summed E-state index contributed by atoms with van der Waals surface area (Å²) >= 11 is 0. The van der Waals surface area contributed by atoms with E-state index < -0.39 is 6.04 Å². The Kier molecular flexibility index (Phi) is 10.3. The third-order valence-electron chi connectivity index (χ3n) is 5.41. The van der Waals surface area contributed by atoms with Crippen LogP contribution in [-0.2, 0) is 27.4 Å². The van der Waals surface area contributed by atoms with Gasteiger partial charge in [0.15, 0.2) is 5.78 Å². The molecule has 0 saturated heterocycles. The van der Waals surface area contributed by atoms with Gasteiger partial charge in [0.2, 0.25) is 5.91 Å². The first-order chi connectivity index (χ1) is 16.6. The van der Waals surface area contributed by atoms with Crippen molar-refractivity contribution in [2.45, 2.75) is 51.7 Å². The number of hydrogen-bond acceptors (Lipinski definition) is 4. The molecule has 3 aromatic carbocycles. The predicted molar refractivity (Wildman–Crippen MR) is 134 cm³/mol. The smallest absolute Gasteiger partial charge is 0.220 e. The molecule has 1 amide bonds. The van der Waals surface area contributed by atoms with Crippen LogP contribution in [0, 0.1) is 0 Å². The van der Waals surface area contributed by atoms with Crippen LogP contribution in [0.2, 0.25) is 0 Å². The van der Waals surface area contributed by atoms with Gasteiger partial charge in [0, 0.05) is 12.8 Å². The van der Waals surface area contributed by atoms with Crippen LogP contribution in [0.4, 0.5) is 0 Å². The van der Waals surface area contributed by atoms with Gasteiger partial charge in [0.1, 0.15) is 17.5 Å². The van der Waals surface area contributed by atoms with E-state index in [4.69, 9.17) is 9.47 Å². The van der Waals surface area contributed by atoms with Gasteiger partial charge in [0.25, 0.3) is 0 Å². The van der Waals surface area contributed by atoms with Gasteiger partial charge in [-0.15, -0.1) is 0 Å². The highest BCUT2D eigenvalue weighted by atomic mass is 16.5. The lowest BCUT2D eigenvalue weighted by atomic mass is 10.0. The third kappa shape index (κ3) is 8.83. The first kappa shape index (κ1) is 25.2. The van der Waals surface area contributed by atoms with Gasteiger partial charge < -0.3 is 14.8 Å². The molecule has 5 nitrogen and oxygen atoms in total. The van der Waals surface area contributed by atoms with Gasteiger partial charge in [-0.1, -0.05) is 80.4 Å². The van der Waals surface area contributed by atoms with Crippen molar-refractivity contribution in [3.05, 3.63) is 96.1 Å². The van der Waals surface area contributed by atoms with Crippen molar-refractivity contribution in [1.29, 1.82) is 0 Å². The number of Topliss-reactive ketones (excluding diaryl/α,β-unsaturated/α-hetero) is 1. The Morgan fingerprint density at radius 1 is 0.794 bits per heavy atom. The summed E-state index contributed by atoms with van der Waals surface area (Å²) in [5, 5.41) is 2.89. The standard InChI is InChI=1S/C29H33NO4/c1-2-3-6-15-29(32)30-27(22-33-21-24-11-7-4-8-12-24)28(31)20-23-16-18-26(19-17-23)34-25-13-9-5-10-14-25/h4-5,7-14,16-19,27H,2-3,6,15,20-22H2,1H3,(H,30,32). The zero-order valence-corrected chi connectivity index (χ0v) is 19.7. The van der Waals surface area contributed by atoms with Gasteiger partial charge >= 0.3 is 0 Å². The molecule has 0 heterocycles. The van der Waals surface area contributed by atoms with E-state index in [9.17, 15) is 9.59 Å². The summed E-state index contributed by atoms with van der Waals surface area (Å²) in [5.74, 6) is 1.28. The molecule has 0 radical (unpaired) electrons. The summed E-state index contributed by atoms with van der Waals surface area (Å²) in [6.45, 7) is 2.63. The fraction of sp³-hybridized carbons (Fsp3) is 0.310. The van der Waals surface area contributed by atoms with Gasteiger partial charge in [-0.3, -0.25) is 9.59 Å². The molecule has 0 fully saturated rings. The van der Waals surface area contributed by atoms with Crippen molar-refractivity contribution in [2.75, 3.05) is 6.61 Å². The molecule has 0 spiro atoms. The topological polar surface area (TPSA) is 64.6 Å². The van der Waals surface area contributed by atoms with Crippen LogP contribution >= 0.6 is 0 Å². The number of carbonyl (C=O) groups excluding carboxylic acids is 2. The zero-order valence-electron chi connectivity index (χ0n) is 19.7. The van der Waals surface area contributed by atoms with Gasteiger partial charge in [-0.2, -0.15) is 0 Å². The highest BCUT2D eigenvalue weighted by molar-refractivity contribution is 5.90. The number of amides is 1. The molecule has 0 aliphatic carbocycles. The largest absolute Gasteiger partial charge is 0.457 e. The van der Waals surface area contributed by atoms with Crippen molar-refractivity contribution in [2.24, 2.45) is 0 Å². The summed E-state index contributed by atoms with van der Waals surface area (Å²) in [6, 6.07) is 26.1. The van der Waals surface area contributed by atoms with Crippen LogP contribution < -0.4 is 10.1 Å². The molecule has 0 saturated carbocycles. The van der Waals surface area contributed by atoms with Gasteiger partial charge in [0.05, 0.1) is 13.2 Å². The molecular weight excluding hydrogens is 426 g/mol. The van der Waals surface area contributed by atoms with Crippen LogP contribution in [0.3, 0.4) is 0 Å². The molecule has 34 heavy (non-hydrogen) atoms. The number of hydrogen-bond donors (Lipinski definition) is 1. The minimum absolute atomic E-state index is 0.0753. The number of carbonyl (C=O) groups is 2. The summed E-state index contributed by atoms with van der Waals surface area (Å²) in [5.41, 5.74) is 1.88. The fourth-order valence-corrected chi connectivity index (χ4v) is 3.51. The molecule has 5 heteroatoms. The van der Waals surface area contributed by atoms with Crippen molar-refractivity contribution in [3.8, 4) is 11.5 Å². The van der Waals surface area contributed by atoms with Crippen LogP contribution in [0.25, 0.3) is 0 Å². The Bertz CT molecular complexity index is 1000. The molecule has 3 aromatic rings. The van der Waals surface area contributed by atoms with Crippen LogP contribution in [0.5, 0.6) is 11.5 Å². The van der Waals surface area contributed by atoms with Crippen molar-refractivity contribution >= 4 is 11.7 Å². The Morgan fingerprint density at radius 3 is 2.12 bits per heavy atom. The second kappa shape index (κ2) is 14.0. The van der Waals surface area contributed by atoms with E-state index >= 15 is 0 Å². The maximum absolute atomic E-state index is 13.1. The van der Waals surface area contributed by atoms with Crippen molar-refractivity contribution in [1.82, 2.24) is 5.32 Å². The van der Waals surface area contributed by atoms with Crippen LogP contribution in [0.1, 0.15) is 43.7 Å². The number of benzene rings is 3. The second-order valence-electron chi connectivity index (χ2n) is 8.28. The fourth-order valence-electron chi connectivity index (χ4n) is 3.51. The van der Waals surface area contributed by atoms with E-state index in [-0.39, 0.29) is 24.7 Å². The number of ketones is 1. The SMILES string of the molecule is CCCCCC(=O)NC(COCc1ccccc1)C(=O)Cc1ccc(Oc2ccccc2)cc1. The Morgan fingerprint density at radius 2 is 1.44 bits per heavy atom. The summed E-state index contributed by atoms with van der Waals surface area (Å²) in [4.78, 5) is 25.5. The van der Waals surface area contributed by atoms with E-state index in [2.05, 4.69) is 12.2 Å². The molecule has 178 valence electrons. The molecule has 1 N–H and O–H groups in total.